The lowest BCUT2D eigenvalue weighted by molar-refractivity contribution is 0.0935. The van der Waals surface area contributed by atoms with E-state index in [1.807, 2.05) is 24.3 Å². The summed E-state index contributed by atoms with van der Waals surface area (Å²) in [5.74, 6) is -0.0330. The van der Waals surface area contributed by atoms with E-state index in [9.17, 15) is 4.79 Å². The number of carbonyl (C=O) groups excluding carboxylic acids is 1. The summed E-state index contributed by atoms with van der Waals surface area (Å²) < 4.78 is 0.973. The molecule has 1 atom stereocenters. The largest absolute Gasteiger partial charge is 0.345 e. The van der Waals surface area contributed by atoms with Crippen molar-refractivity contribution in [2.75, 3.05) is 0 Å². The molecule has 2 rings (SSSR count). The van der Waals surface area contributed by atoms with Crippen molar-refractivity contribution in [2.45, 2.75) is 33.2 Å². The SMILES string of the molecule is CC[C@@H](NC(=O)c1ccc(Br)cc1)c1ccc(C)cc1C. The number of carbonyl (C=O) groups is 1. The highest BCUT2D eigenvalue weighted by Crippen LogP contribution is 2.22. The Hall–Kier alpha value is -1.61. The number of halogens is 1. The van der Waals surface area contributed by atoms with Crippen LogP contribution in [0.1, 0.15) is 46.4 Å². The van der Waals surface area contributed by atoms with E-state index in [4.69, 9.17) is 0 Å². The molecule has 2 aromatic carbocycles. The highest BCUT2D eigenvalue weighted by atomic mass is 79.9. The van der Waals surface area contributed by atoms with Gasteiger partial charge in [0.1, 0.15) is 0 Å². The maximum atomic E-state index is 12.4. The summed E-state index contributed by atoms with van der Waals surface area (Å²) >= 11 is 3.38. The van der Waals surface area contributed by atoms with Crippen molar-refractivity contribution >= 4 is 21.8 Å². The quantitative estimate of drug-likeness (QED) is 0.834. The molecule has 110 valence electrons. The van der Waals surface area contributed by atoms with Crippen LogP contribution < -0.4 is 5.32 Å². The van der Waals surface area contributed by atoms with E-state index in [1.165, 1.54) is 16.7 Å². The van der Waals surface area contributed by atoms with Crippen LogP contribution in [0.3, 0.4) is 0 Å². The summed E-state index contributed by atoms with van der Waals surface area (Å²) in [6, 6.07) is 13.8. The fraction of sp³-hybridized carbons (Fsp3) is 0.278. The van der Waals surface area contributed by atoms with Gasteiger partial charge in [0.15, 0.2) is 0 Å². The molecular formula is C18H20BrNO. The molecule has 0 unspecified atom stereocenters. The topological polar surface area (TPSA) is 29.1 Å². The molecule has 1 amide bonds. The van der Waals surface area contributed by atoms with Crippen LogP contribution in [0.5, 0.6) is 0 Å². The lowest BCUT2D eigenvalue weighted by Gasteiger charge is -2.20. The number of aryl methyl sites for hydroxylation is 2. The monoisotopic (exact) mass is 345 g/mol. The molecule has 0 fully saturated rings. The molecule has 0 saturated carbocycles. The van der Waals surface area contributed by atoms with Crippen molar-refractivity contribution in [3.05, 3.63) is 69.2 Å². The Bertz CT molecular complexity index is 634. The van der Waals surface area contributed by atoms with Crippen molar-refractivity contribution in [2.24, 2.45) is 0 Å². The van der Waals surface area contributed by atoms with Gasteiger partial charge in [0, 0.05) is 10.0 Å². The number of hydrogen-bond donors (Lipinski definition) is 1. The van der Waals surface area contributed by atoms with Crippen molar-refractivity contribution in [3.63, 3.8) is 0 Å². The zero-order valence-electron chi connectivity index (χ0n) is 12.6. The van der Waals surface area contributed by atoms with Crippen molar-refractivity contribution in [1.29, 1.82) is 0 Å². The van der Waals surface area contributed by atoms with Gasteiger partial charge in [-0.1, -0.05) is 46.6 Å². The third-order valence-corrected chi connectivity index (χ3v) is 4.15. The zero-order valence-corrected chi connectivity index (χ0v) is 14.2. The number of benzene rings is 2. The molecule has 0 heterocycles. The van der Waals surface area contributed by atoms with Crippen molar-refractivity contribution in [3.8, 4) is 0 Å². The summed E-state index contributed by atoms with van der Waals surface area (Å²) in [4.78, 5) is 12.4. The Morgan fingerprint density at radius 3 is 2.38 bits per heavy atom. The number of rotatable bonds is 4. The smallest absolute Gasteiger partial charge is 0.251 e. The Balaban J connectivity index is 2.18. The molecule has 0 radical (unpaired) electrons. The first-order valence-corrected chi connectivity index (χ1v) is 7.94. The van der Waals surface area contributed by atoms with Gasteiger partial charge in [0.25, 0.3) is 5.91 Å². The average molecular weight is 346 g/mol. The number of hydrogen-bond acceptors (Lipinski definition) is 1. The molecule has 2 aromatic rings. The van der Waals surface area contributed by atoms with Gasteiger partial charge in [-0.2, -0.15) is 0 Å². The highest BCUT2D eigenvalue weighted by molar-refractivity contribution is 9.10. The average Bonchev–Trinajstić information content (AvgIpc) is 2.46. The maximum Gasteiger partial charge on any atom is 0.251 e. The van der Waals surface area contributed by atoms with Gasteiger partial charge >= 0.3 is 0 Å². The molecular weight excluding hydrogens is 326 g/mol. The van der Waals surface area contributed by atoms with Crippen LogP contribution in [0, 0.1) is 13.8 Å². The first-order valence-electron chi connectivity index (χ1n) is 7.15. The van der Waals surface area contributed by atoms with E-state index in [-0.39, 0.29) is 11.9 Å². The minimum Gasteiger partial charge on any atom is -0.345 e. The van der Waals surface area contributed by atoms with Gasteiger partial charge in [-0.25, -0.2) is 0 Å². The fourth-order valence-electron chi connectivity index (χ4n) is 2.46. The van der Waals surface area contributed by atoms with Crippen LogP contribution >= 0.6 is 15.9 Å². The van der Waals surface area contributed by atoms with Gasteiger partial charge in [-0.15, -0.1) is 0 Å². The Morgan fingerprint density at radius 1 is 1.14 bits per heavy atom. The van der Waals surface area contributed by atoms with Crippen molar-refractivity contribution < 1.29 is 4.79 Å². The van der Waals surface area contributed by atoms with Gasteiger partial charge in [-0.05, 0) is 55.7 Å². The minimum atomic E-state index is -0.0330. The Morgan fingerprint density at radius 2 is 1.81 bits per heavy atom. The molecule has 3 heteroatoms. The Kier molecular flexibility index (Phi) is 5.18. The molecule has 0 saturated heterocycles. The summed E-state index contributed by atoms with van der Waals surface area (Å²) in [7, 11) is 0. The van der Waals surface area contributed by atoms with Crippen LogP contribution in [0.15, 0.2) is 46.9 Å². The minimum absolute atomic E-state index is 0.0330. The zero-order chi connectivity index (χ0) is 15.4. The molecule has 2 nitrogen and oxygen atoms in total. The second kappa shape index (κ2) is 6.90. The normalized spacial score (nSPS) is 12.0. The molecule has 0 spiro atoms. The molecule has 0 aliphatic heterocycles. The lowest BCUT2D eigenvalue weighted by atomic mass is 9.97. The van der Waals surface area contributed by atoms with Crippen molar-refractivity contribution in [1.82, 2.24) is 5.32 Å². The van der Waals surface area contributed by atoms with E-state index in [2.05, 4.69) is 60.2 Å². The standard InChI is InChI=1S/C18H20BrNO/c1-4-17(16-10-5-12(2)11-13(16)3)20-18(21)14-6-8-15(19)9-7-14/h5-11,17H,4H2,1-3H3,(H,20,21)/t17-/m1/s1. The maximum absolute atomic E-state index is 12.4. The number of amides is 1. The van der Waals surface area contributed by atoms with E-state index in [1.54, 1.807) is 0 Å². The van der Waals surface area contributed by atoms with Crippen LogP contribution in [-0.4, -0.2) is 5.91 Å². The van der Waals surface area contributed by atoms with Gasteiger partial charge in [0.05, 0.1) is 6.04 Å². The molecule has 0 bridgehead atoms. The van der Waals surface area contributed by atoms with E-state index in [0.717, 1.165) is 10.9 Å². The Labute approximate surface area is 134 Å². The third kappa shape index (κ3) is 3.94. The fourth-order valence-corrected chi connectivity index (χ4v) is 2.72. The van der Waals surface area contributed by atoms with E-state index < -0.39 is 0 Å². The molecule has 21 heavy (non-hydrogen) atoms. The number of nitrogens with one attached hydrogen (secondary N) is 1. The van der Waals surface area contributed by atoms with Gasteiger partial charge < -0.3 is 5.32 Å². The molecule has 0 aromatic heterocycles. The molecule has 0 aliphatic carbocycles. The third-order valence-electron chi connectivity index (χ3n) is 3.62. The molecule has 1 N–H and O–H groups in total. The van der Waals surface area contributed by atoms with Crippen LogP contribution in [-0.2, 0) is 0 Å². The van der Waals surface area contributed by atoms with Crippen LogP contribution in [0.4, 0.5) is 0 Å². The predicted molar refractivity (Wildman–Crippen MR) is 90.6 cm³/mol. The second-order valence-corrected chi connectivity index (χ2v) is 6.22. The lowest BCUT2D eigenvalue weighted by Crippen LogP contribution is -2.28. The highest BCUT2D eigenvalue weighted by Gasteiger charge is 2.15. The summed E-state index contributed by atoms with van der Waals surface area (Å²) in [6.07, 6.45) is 0.867. The van der Waals surface area contributed by atoms with E-state index >= 15 is 0 Å². The van der Waals surface area contributed by atoms with Crippen LogP contribution in [0.2, 0.25) is 0 Å². The predicted octanol–water partition coefficient (Wildman–Crippen LogP) is 4.95. The summed E-state index contributed by atoms with van der Waals surface area (Å²) in [5, 5.41) is 3.12. The van der Waals surface area contributed by atoms with Crippen LogP contribution in [0.25, 0.3) is 0 Å². The van der Waals surface area contributed by atoms with Gasteiger partial charge in [0.2, 0.25) is 0 Å². The summed E-state index contributed by atoms with van der Waals surface area (Å²) in [6.45, 7) is 6.26. The molecule has 0 aliphatic rings. The summed E-state index contributed by atoms with van der Waals surface area (Å²) in [5.41, 5.74) is 4.33. The van der Waals surface area contributed by atoms with Gasteiger partial charge in [-0.3, -0.25) is 4.79 Å². The van der Waals surface area contributed by atoms with E-state index in [0.29, 0.717) is 5.56 Å². The first-order chi connectivity index (χ1) is 10.0. The first kappa shape index (κ1) is 15.8. The second-order valence-electron chi connectivity index (χ2n) is 5.30.